The molecule has 4 rings (SSSR count). The van der Waals surface area contributed by atoms with E-state index >= 15 is 0 Å². The van der Waals surface area contributed by atoms with Crippen molar-refractivity contribution in [3.63, 3.8) is 0 Å². The molecule has 1 unspecified atom stereocenters. The van der Waals surface area contributed by atoms with E-state index in [2.05, 4.69) is 0 Å². The van der Waals surface area contributed by atoms with Gasteiger partial charge in [-0.05, 0) is 13.3 Å². The summed E-state index contributed by atoms with van der Waals surface area (Å²) in [6.45, 7) is 1.08. The summed E-state index contributed by atoms with van der Waals surface area (Å²) in [6.07, 6.45) is -9.90. The van der Waals surface area contributed by atoms with Crippen LogP contribution in [-0.4, -0.2) is 143 Å². The Labute approximate surface area is 232 Å². The molecule has 2 saturated heterocycles. The summed E-state index contributed by atoms with van der Waals surface area (Å²) in [5, 5.41) is 52.7. The van der Waals surface area contributed by atoms with Crippen LogP contribution in [0.3, 0.4) is 0 Å². The van der Waals surface area contributed by atoms with Gasteiger partial charge in [-0.25, -0.2) is 0 Å². The maximum Gasteiger partial charge on any atom is 0.187 e. The second kappa shape index (κ2) is 13.2. The highest BCUT2D eigenvalue weighted by atomic mass is 16.7. The first-order chi connectivity index (χ1) is 18.9. The number of aliphatic hydroxyl groups is 5. The van der Waals surface area contributed by atoms with Gasteiger partial charge >= 0.3 is 0 Å². The molecule has 0 aromatic rings. The van der Waals surface area contributed by atoms with Gasteiger partial charge in [0, 0.05) is 36.6 Å². The minimum Gasteiger partial charge on any atom is -0.394 e. The minimum absolute atomic E-state index is 0.129. The molecule has 0 spiro atoms. The van der Waals surface area contributed by atoms with Crippen LogP contribution in [0, 0.1) is 5.92 Å². The van der Waals surface area contributed by atoms with Gasteiger partial charge in [-0.15, -0.1) is 0 Å². The smallest absolute Gasteiger partial charge is 0.187 e. The lowest BCUT2D eigenvalue weighted by Gasteiger charge is -2.48. The van der Waals surface area contributed by atoms with E-state index in [9.17, 15) is 25.5 Å². The largest absolute Gasteiger partial charge is 0.394 e. The number of rotatable bonds is 8. The van der Waals surface area contributed by atoms with E-state index in [4.69, 9.17) is 58.1 Å². The van der Waals surface area contributed by atoms with Crippen LogP contribution in [0.25, 0.3) is 0 Å². The Bertz CT molecular complexity index is 859. The maximum absolute atomic E-state index is 11.2. The summed E-state index contributed by atoms with van der Waals surface area (Å²) >= 11 is 0. The normalized spacial score (nSPS) is 52.5. The number of nitrogens with two attached hydrogens (primary N) is 6. The Hall–Kier alpha value is -0.900. The lowest BCUT2D eigenvalue weighted by Crippen LogP contribution is -2.66. The predicted molar refractivity (Wildman–Crippen MR) is 139 cm³/mol. The first-order valence-corrected chi connectivity index (χ1v) is 13.7. The van der Waals surface area contributed by atoms with Crippen molar-refractivity contribution >= 4 is 0 Å². The first-order valence-electron chi connectivity index (χ1n) is 13.7. The van der Waals surface area contributed by atoms with Gasteiger partial charge in [-0.3, -0.25) is 0 Å². The molecule has 4 aliphatic rings. The summed E-state index contributed by atoms with van der Waals surface area (Å²) in [4.78, 5) is 0. The van der Waals surface area contributed by atoms with Crippen molar-refractivity contribution in [3.05, 3.63) is 12.2 Å². The zero-order valence-electron chi connectivity index (χ0n) is 22.4. The molecule has 232 valence electrons. The standard InChI is InChI=1S/C24H46N6O10/c1-7(26)11-3-2-8(27)20(36-11)14-9(28)4-10(29)16(32)22(14)40-24-19(35)21(13(6-31)38-24)39-23-15(30)18(34)17(33)12(5-25)37-23/h2-3,7-24,31-35H,4-6,25-30H2,1H3/t7-,8+,9-,10+,11-,12-,13+,14-,15+,16-,17+,18+,19+,20?,21+,22-,23+,24-/m0/s1. The molecule has 1 saturated carbocycles. The summed E-state index contributed by atoms with van der Waals surface area (Å²) in [7, 11) is 0. The highest BCUT2D eigenvalue weighted by Gasteiger charge is 2.54. The average Bonchev–Trinajstić information content (AvgIpc) is 3.21. The van der Waals surface area contributed by atoms with E-state index in [-0.39, 0.29) is 19.0 Å². The Balaban J connectivity index is 1.53. The van der Waals surface area contributed by atoms with E-state index in [0.29, 0.717) is 0 Å². The van der Waals surface area contributed by atoms with Gasteiger partial charge in [0.25, 0.3) is 0 Å². The van der Waals surface area contributed by atoms with Crippen LogP contribution in [-0.2, 0) is 23.7 Å². The van der Waals surface area contributed by atoms with E-state index < -0.39 is 110 Å². The molecule has 0 amide bonds. The van der Waals surface area contributed by atoms with E-state index in [1.165, 1.54) is 0 Å². The second-order valence-electron chi connectivity index (χ2n) is 11.3. The molecule has 16 heteroatoms. The highest BCUT2D eigenvalue weighted by Crippen LogP contribution is 2.37. The highest BCUT2D eigenvalue weighted by molar-refractivity contribution is 5.12. The number of ether oxygens (including phenoxy) is 5. The summed E-state index contributed by atoms with van der Waals surface area (Å²) in [5.41, 5.74) is 36.7. The van der Waals surface area contributed by atoms with Gasteiger partial charge in [0.05, 0.1) is 37.1 Å². The van der Waals surface area contributed by atoms with Gasteiger partial charge in [0.2, 0.25) is 0 Å². The molecule has 17 N–H and O–H groups in total. The van der Waals surface area contributed by atoms with Gasteiger partial charge < -0.3 is 83.6 Å². The molecule has 40 heavy (non-hydrogen) atoms. The summed E-state index contributed by atoms with van der Waals surface area (Å²) in [6, 6.07) is -3.46. The van der Waals surface area contributed by atoms with E-state index in [1.807, 2.05) is 0 Å². The van der Waals surface area contributed by atoms with Crippen molar-refractivity contribution in [2.75, 3.05) is 13.2 Å². The molecule has 0 aromatic heterocycles. The number of aliphatic hydroxyl groups excluding tert-OH is 5. The molecule has 16 nitrogen and oxygen atoms in total. The van der Waals surface area contributed by atoms with Crippen LogP contribution in [0.15, 0.2) is 12.2 Å². The fourth-order valence-electron chi connectivity index (χ4n) is 5.95. The molecular formula is C24H46N6O10. The molecule has 0 aromatic carbocycles. The quantitative estimate of drug-likeness (QED) is 0.119. The maximum atomic E-state index is 11.2. The Morgan fingerprint density at radius 2 is 1.48 bits per heavy atom. The Kier molecular flexibility index (Phi) is 10.5. The topological polar surface area (TPSA) is 303 Å². The minimum atomic E-state index is -1.51. The lowest BCUT2D eigenvalue weighted by molar-refractivity contribution is -0.280. The molecule has 18 atom stereocenters. The average molecular weight is 579 g/mol. The van der Waals surface area contributed by atoms with Gasteiger partial charge in [0.1, 0.15) is 36.6 Å². The third-order valence-electron chi connectivity index (χ3n) is 8.34. The van der Waals surface area contributed by atoms with Crippen molar-refractivity contribution in [3.8, 4) is 0 Å². The monoisotopic (exact) mass is 578 g/mol. The van der Waals surface area contributed by atoms with Crippen molar-refractivity contribution in [1.29, 1.82) is 0 Å². The van der Waals surface area contributed by atoms with Gasteiger partial charge in [-0.1, -0.05) is 12.2 Å². The SMILES string of the molecule is C[C@H](N)[C@@H]1C=C[C@@H](N)C([C@H]2[C@H](O[C@@H]3O[C@H](CO)[C@@H](O[C@H]4O[C@@H](CN)[C@@H](O)[C@H](O)[C@H]4N)[C@H]3O)[C@@H](O)[C@H](N)C[C@@H]2N)O1. The van der Waals surface area contributed by atoms with Gasteiger partial charge in [0.15, 0.2) is 12.6 Å². The summed E-state index contributed by atoms with van der Waals surface area (Å²) < 4.78 is 29.6. The zero-order chi connectivity index (χ0) is 29.5. The third kappa shape index (κ3) is 6.23. The molecule has 3 fully saturated rings. The molecule has 3 aliphatic heterocycles. The second-order valence-corrected chi connectivity index (χ2v) is 11.3. The van der Waals surface area contributed by atoms with Crippen molar-refractivity contribution in [1.82, 2.24) is 0 Å². The van der Waals surface area contributed by atoms with Crippen LogP contribution >= 0.6 is 0 Å². The van der Waals surface area contributed by atoms with Crippen LogP contribution in [0.4, 0.5) is 0 Å². The van der Waals surface area contributed by atoms with Crippen molar-refractivity contribution in [2.45, 2.75) is 117 Å². The van der Waals surface area contributed by atoms with Crippen molar-refractivity contribution in [2.24, 2.45) is 40.3 Å². The van der Waals surface area contributed by atoms with Crippen LogP contribution in [0.5, 0.6) is 0 Å². The fraction of sp³-hybridized carbons (Fsp3) is 0.917. The Morgan fingerprint density at radius 3 is 2.10 bits per heavy atom. The van der Waals surface area contributed by atoms with Crippen molar-refractivity contribution < 1.29 is 49.2 Å². The number of hydrogen-bond acceptors (Lipinski definition) is 16. The molecule has 1 aliphatic carbocycles. The van der Waals surface area contributed by atoms with Gasteiger partial charge in [-0.2, -0.15) is 0 Å². The zero-order valence-corrected chi connectivity index (χ0v) is 22.4. The van der Waals surface area contributed by atoms with E-state index in [0.717, 1.165) is 0 Å². The molecular weight excluding hydrogens is 532 g/mol. The van der Waals surface area contributed by atoms with E-state index in [1.54, 1.807) is 19.1 Å². The van der Waals surface area contributed by atoms with Crippen LogP contribution in [0.2, 0.25) is 0 Å². The molecule has 3 heterocycles. The summed E-state index contributed by atoms with van der Waals surface area (Å²) in [5.74, 6) is -0.670. The number of hydrogen-bond donors (Lipinski definition) is 11. The third-order valence-corrected chi connectivity index (χ3v) is 8.34. The Morgan fingerprint density at radius 1 is 0.825 bits per heavy atom. The fourth-order valence-corrected chi connectivity index (χ4v) is 5.95. The molecule has 0 radical (unpaired) electrons. The lowest BCUT2D eigenvalue weighted by atomic mass is 9.73. The van der Waals surface area contributed by atoms with Crippen LogP contribution < -0.4 is 34.4 Å². The first kappa shape index (κ1) is 32.0. The van der Waals surface area contributed by atoms with Crippen LogP contribution in [0.1, 0.15) is 13.3 Å². The molecule has 0 bridgehead atoms. The predicted octanol–water partition coefficient (Wildman–Crippen LogP) is -6.40.